The summed E-state index contributed by atoms with van der Waals surface area (Å²) >= 11 is 0. The van der Waals surface area contributed by atoms with Gasteiger partial charge in [-0.25, -0.2) is 0 Å². The molecule has 0 atom stereocenters. The van der Waals surface area contributed by atoms with Crippen LogP contribution >= 0.6 is 0 Å². The maximum absolute atomic E-state index is 12.3. The van der Waals surface area contributed by atoms with E-state index in [1.807, 2.05) is 48.5 Å². The number of azo groups is 1. The van der Waals surface area contributed by atoms with Crippen LogP contribution in [0.4, 0.5) is 5.69 Å². The van der Waals surface area contributed by atoms with Gasteiger partial charge in [-0.3, -0.25) is 4.79 Å². The standard InChI is InChI=1S/C18H14N4O2/c1-22-15-9-5-3-7-12(15)16(18(22)24)20-21-17(23)14-10-11-6-2-4-8-13(11)19-14/h2-10,19,24H,1H3. The number of para-hydroxylation sites is 2. The predicted octanol–water partition coefficient (Wildman–Crippen LogP) is 4.29. The molecule has 4 aromatic rings. The van der Waals surface area contributed by atoms with Crippen LogP contribution in [0.3, 0.4) is 0 Å². The smallest absolute Gasteiger partial charge is 0.311 e. The Morgan fingerprint density at radius 1 is 1.12 bits per heavy atom. The number of benzene rings is 2. The molecule has 0 saturated heterocycles. The van der Waals surface area contributed by atoms with Crippen LogP contribution in [-0.2, 0) is 7.05 Å². The Bertz CT molecular complexity index is 1070. The molecule has 0 saturated carbocycles. The molecule has 2 aromatic carbocycles. The summed E-state index contributed by atoms with van der Waals surface area (Å²) in [6, 6.07) is 16.8. The van der Waals surface area contributed by atoms with E-state index < -0.39 is 5.91 Å². The molecule has 0 spiro atoms. The second kappa shape index (κ2) is 5.34. The van der Waals surface area contributed by atoms with Gasteiger partial charge in [0.15, 0.2) is 5.69 Å². The van der Waals surface area contributed by atoms with Gasteiger partial charge in [0.05, 0.1) is 5.52 Å². The molecule has 24 heavy (non-hydrogen) atoms. The molecule has 0 aliphatic carbocycles. The van der Waals surface area contributed by atoms with E-state index in [4.69, 9.17) is 0 Å². The van der Waals surface area contributed by atoms with Crippen LogP contribution in [-0.4, -0.2) is 20.6 Å². The largest absolute Gasteiger partial charge is 0.493 e. The van der Waals surface area contributed by atoms with Crippen molar-refractivity contribution in [2.75, 3.05) is 0 Å². The summed E-state index contributed by atoms with van der Waals surface area (Å²) in [6.07, 6.45) is 0. The minimum atomic E-state index is -0.487. The van der Waals surface area contributed by atoms with E-state index >= 15 is 0 Å². The van der Waals surface area contributed by atoms with Crippen LogP contribution in [0.2, 0.25) is 0 Å². The Morgan fingerprint density at radius 3 is 2.71 bits per heavy atom. The van der Waals surface area contributed by atoms with Crippen molar-refractivity contribution in [3.05, 3.63) is 60.3 Å². The first-order valence-corrected chi connectivity index (χ1v) is 7.45. The third-order valence-electron chi connectivity index (χ3n) is 4.05. The molecule has 0 radical (unpaired) electrons. The van der Waals surface area contributed by atoms with Crippen molar-refractivity contribution < 1.29 is 9.90 Å². The van der Waals surface area contributed by atoms with Gasteiger partial charge >= 0.3 is 5.91 Å². The predicted molar refractivity (Wildman–Crippen MR) is 91.7 cm³/mol. The molecular weight excluding hydrogens is 304 g/mol. The molecule has 0 bridgehead atoms. The van der Waals surface area contributed by atoms with Gasteiger partial charge in [-0.15, -0.1) is 10.2 Å². The zero-order valence-electron chi connectivity index (χ0n) is 12.9. The first-order chi connectivity index (χ1) is 11.6. The number of hydrogen-bond donors (Lipinski definition) is 2. The van der Waals surface area contributed by atoms with E-state index in [9.17, 15) is 9.90 Å². The van der Waals surface area contributed by atoms with Crippen LogP contribution < -0.4 is 0 Å². The molecular formula is C18H14N4O2. The average molecular weight is 318 g/mol. The van der Waals surface area contributed by atoms with E-state index in [1.54, 1.807) is 17.7 Å². The Morgan fingerprint density at radius 2 is 1.88 bits per heavy atom. The normalized spacial score (nSPS) is 11.7. The van der Waals surface area contributed by atoms with E-state index in [0.29, 0.717) is 5.69 Å². The maximum Gasteiger partial charge on any atom is 0.311 e. The van der Waals surface area contributed by atoms with Crippen molar-refractivity contribution in [3.63, 3.8) is 0 Å². The topological polar surface area (TPSA) is 82.7 Å². The summed E-state index contributed by atoms with van der Waals surface area (Å²) < 4.78 is 1.61. The summed E-state index contributed by atoms with van der Waals surface area (Å²) in [5.41, 5.74) is 2.34. The van der Waals surface area contributed by atoms with E-state index in [0.717, 1.165) is 21.8 Å². The quantitative estimate of drug-likeness (QED) is 0.540. The highest BCUT2D eigenvalue weighted by atomic mass is 16.3. The van der Waals surface area contributed by atoms with Crippen molar-refractivity contribution in [1.29, 1.82) is 0 Å². The van der Waals surface area contributed by atoms with Crippen LogP contribution in [0.25, 0.3) is 21.8 Å². The fourth-order valence-corrected chi connectivity index (χ4v) is 2.80. The fraction of sp³-hybridized carbons (Fsp3) is 0.0556. The number of nitrogens with zero attached hydrogens (tertiary/aromatic N) is 3. The molecule has 0 unspecified atom stereocenters. The highest BCUT2D eigenvalue weighted by molar-refractivity contribution is 5.99. The van der Waals surface area contributed by atoms with Crippen molar-refractivity contribution in [2.24, 2.45) is 17.3 Å². The Kier molecular flexibility index (Phi) is 3.16. The number of H-pyrrole nitrogens is 1. The molecule has 118 valence electrons. The lowest BCUT2D eigenvalue weighted by atomic mass is 10.2. The van der Waals surface area contributed by atoms with E-state index in [2.05, 4.69) is 15.2 Å². The Balaban J connectivity index is 1.72. The molecule has 2 aromatic heterocycles. The fourth-order valence-electron chi connectivity index (χ4n) is 2.80. The van der Waals surface area contributed by atoms with Gasteiger partial charge in [0.1, 0.15) is 5.69 Å². The van der Waals surface area contributed by atoms with Gasteiger partial charge in [-0.2, -0.15) is 0 Å². The molecule has 2 heterocycles. The number of fused-ring (bicyclic) bond motifs is 2. The minimum Gasteiger partial charge on any atom is -0.493 e. The number of hydrogen-bond acceptors (Lipinski definition) is 3. The molecule has 0 aliphatic heterocycles. The van der Waals surface area contributed by atoms with E-state index in [-0.39, 0.29) is 11.6 Å². The number of nitrogens with one attached hydrogen (secondary N) is 1. The molecule has 6 nitrogen and oxygen atoms in total. The van der Waals surface area contributed by atoms with Gasteiger partial charge in [0, 0.05) is 23.3 Å². The highest BCUT2D eigenvalue weighted by Gasteiger charge is 2.15. The number of amides is 1. The van der Waals surface area contributed by atoms with Gasteiger partial charge in [-0.1, -0.05) is 36.4 Å². The van der Waals surface area contributed by atoms with Crippen LogP contribution in [0, 0.1) is 0 Å². The lowest BCUT2D eigenvalue weighted by Crippen LogP contribution is -1.92. The molecule has 2 N–H and O–H groups in total. The number of aryl methyl sites for hydroxylation is 1. The summed E-state index contributed by atoms with van der Waals surface area (Å²) in [6.45, 7) is 0. The SMILES string of the molecule is Cn1c(O)c(N=NC(=O)c2cc3ccccc3[nH]2)c2ccccc21. The number of aromatic hydroxyl groups is 1. The van der Waals surface area contributed by atoms with Gasteiger partial charge in [0.2, 0.25) is 5.88 Å². The zero-order chi connectivity index (χ0) is 16.7. The monoisotopic (exact) mass is 318 g/mol. The summed E-state index contributed by atoms with van der Waals surface area (Å²) in [5, 5.41) is 19.6. The second-order valence-corrected chi connectivity index (χ2v) is 5.52. The Hall–Kier alpha value is -3.41. The lowest BCUT2D eigenvalue weighted by molar-refractivity contribution is 0.0991. The third-order valence-corrected chi connectivity index (χ3v) is 4.05. The first kappa shape index (κ1) is 14.2. The van der Waals surface area contributed by atoms with Crippen LogP contribution in [0.15, 0.2) is 64.8 Å². The third kappa shape index (κ3) is 2.16. The molecule has 1 amide bonds. The molecule has 0 aliphatic rings. The second-order valence-electron chi connectivity index (χ2n) is 5.52. The maximum atomic E-state index is 12.3. The van der Waals surface area contributed by atoms with Crippen molar-refractivity contribution >= 4 is 33.4 Å². The first-order valence-electron chi connectivity index (χ1n) is 7.45. The van der Waals surface area contributed by atoms with Gasteiger partial charge < -0.3 is 14.7 Å². The van der Waals surface area contributed by atoms with Crippen molar-refractivity contribution in [1.82, 2.24) is 9.55 Å². The highest BCUT2D eigenvalue weighted by Crippen LogP contribution is 2.37. The van der Waals surface area contributed by atoms with Gasteiger partial charge in [0.25, 0.3) is 0 Å². The number of rotatable bonds is 2. The average Bonchev–Trinajstić information content (AvgIpc) is 3.14. The lowest BCUT2D eigenvalue weighted by Gasteiger charge is -1.95. The van der Waals surface area contributed by atoms with Gasteiger partial charge in [-0.05, 0) is 18.2 Å². The van der Waals surface area contributed by atoms with Crippen LogP contribution in [0.5, 0.6) is 5.88 Å². The van der Waals surface area contributed by atoms with Crippen LogP contribution in [0.1, 0.15) is 10.5 Å². The number of aromatic amines is 1. The van der Waals surface area contributed by atoms with E-state index in [1.165, 1.54) is 0 Å². The summed E-state index contributed by atoms with van der Waals surface area (Å²) in [7, 11) is 1.73. The van der Waals surface area contributed by atoms with Crippen molar-refractivity contribution in [2.45, 2.75) is 0 Å². The minimum absolute atomic E-state index is 0.0237. The molecule has 0 fully saturated rings. The number of carbonyl (C=O) groups is 1. The Labute approximate surface area is 137 Å². The van der Waals surface area contributed by atoms with Crippen molar-refractivity contribution in [3.8, 4) is 5.88 Å². The zero-order valence-corrected chi connectivity index (χ0v) is 12.9. The molecule has 4 rings (SSSR count). The molecule has 6 heteroatoms. The number of carbonyl (C=O) groups excluding carboxylic acids is 1. The summed E-state index contributed by atoms with van der Waals surface area (Å²) in [4.78, 5) is 15.3. The number of aromatic nitrogens is 2. The summed E-state index contributed by atoms with van der Waals surface area (Å²) in [5.74, 6) is -0.511.